The number of rotatable bonds is 7. The van der Waals surface area contributed by atoms with Crippen LogP contribution in [0.15, 0.2) is 59.8 Å². The van der Waals surface area contributed by atoms with Crippen molar-refractivity contribution < 1.29 is 30.7 Å². The topological polar surface area (TPSA) is 81.2 Å². The molecule has 3 aromatic rings. The van der Waals surface area contributed by atoms with Gasteiger partial charge in [0.15, 0.2) is 0 Å². The Morgan fingerprint density at radius 3 is 2.49 bits per heavy atom. The lowest BCUT2D eigenvalue weighted by Gasteiger charge is -2.38. The number of nitrogens with one attached hydrogen (secondary N) is 1. The fourth-order valence-electron chi connectivity index (χ4n) is 4.33. The molecule has 186 valence electrons. The van der Waals surface area contributed by atoms with Crippen LogP contribution < -0.4 is 9.46 Å². The average molecular weight is 510 g/mol. The zero-order valence-corrected chi connectivity index (χ0v) is 19.6. The fourth-order valence-corrected chi connectivity index (χ4v) is 5.30. The van der Waals surface area contributed by atoms with E-state index in [0.29, 0.717) is 28.9 Å². The van der Waals surface area contributed by atoms with Gasteiger partial charge in [-0.1, -0.05) is 19.1 Å². The first-order valence-electron chi connectivity index (χ1n) is 10.9. The van der Waals surface area contributed by atoms with Gasteiger partial charge in [-0.2, -0.15) is 13.2 Å². The standard InChI is InChI=1S/C24H23F4N3O3S/c1-23(19-7-5-17(24(26,27)28)14-16(19)4-2-10-25)9-13-34-21-15-18(6-8-20(21)23)35(32,33)31-22-29-11-3-12-30-22/h3,5-8,11-12,14-15H,2,4,9-10,13H2,1H3,(H,29,30,31)/t23-/m0/s1. The van der Waals surface area contributed by atoms with Gasteiger partial charge in [0.2, 0.25) is 5.95 Å². The lowest BCUT2D eigenvalue weighted by Crippen LogP contribution is -2.32. The van der Waals surface area contributed by atoms with Crippen molar-refractivity contribution in [2.24, 2.45) is 0 Å². The van der Waals surface area contributed by atoms with E-state index in [1.807, 2.05) is 6.92 Å². The van der Waals surface area contributed by atoms with Crippen LogP contribution in [0.1, 0.15) is 42.0 Å². The number of anilines is 1. The number of sulfonamides is 1. The molecule has 1 aromatic heterocycles. The van der Waals surface area contributed by atoms with Crippen molar-refractivity contribution >= 4 is 16.0 Å². The van der Waals surface area contributed by atoms with Gasteiger partial charge in [-0.15, -0.1) is 0 Å². The van der Waals surface area contributed by atoms with Crippen molar-refractivity contribution in [3.8, 4) is 5.75 Å². The number of ether oxygens (including phenoxy) is 1. The summed E-state index contributed by atoms with van der Waals surface area (Å²) in [5.41, 5.74) is 0.130. The highest BCUT2D eigenvalue weighted by atomic mass is 32.2. The Labute approximate surface area is 200 Å². The van der Waals surface area contributed by atoms with Crippen molar-refractivity contribution in [3.63, 3.8) is 0 Å². The number of alkyl halides is 4. The van der Waals surface area contributed by atoms with Gasteiger partial charge in [0.25, 0.3) is 10.0 Å². The third-order valence-electron chi connectivity index (χ3n) is 6.12. The summed E-state index contributed by atoms with van der Waals surface area (Å²) >= 11 is 0. The van der Waals surface area contributed by atoms with Gasteiger partial charge >= 0.3 is 6.18 Å². The summed E-state index contributed by atoms with van der Waals surface area (Å²) in [4.78, 5) is 7.65. The van der Waals surface area contributed by atoms with E-state index in [2.05, 4.69) is 14.7 Å². The minimum Gasteiger partial charge on any atom is -0.493 e. The first kappa shape index (κ1) is 24.9. The Kier molecular flexibility index (Phi) is 6.72. The highest BCUT2D eigenvalue weighted by molar-refractivity contribution is 7.92. The van der Waals surface area contributed by atoms with Crippen molar-refractivity contribution in [3.05, 3.63) is 77.1 Å². The van der Waals surface area contributed by atoms with Gasteiger partial charge < -0.3 is 4.74 Å². The molecule has 1 aliphatic heterocycles. The molecule has 0 amide bonds. The Morgan fingerprint density at radius 1 is 1.09 bits per heavy atom. The quantitative estimate of drug-likeness (QED) is 0.438. The number of hydrogen-bond acceptors (Lipinski definition) is 5. The number of halogens is 4. The molecule has 2 heterocycles. The van der Waals surface area contributed by atoms with Gasteiger partial charge in [0.05, 0.1) is 23.7 Å². The van der Waals surface area contributed by atoms with Crippen molar-refractivity contribution in [2.75, 3.05) is 18.0 Å². The van der Waals surface area contributed by atoms with E-state index in [1.165, 1.54) is 30.6 Å². The maximum absolute atomic E-state index is 13.3. The molecule has 0 saturated heterocycles. The van der Waals surface area contributed by atoms with Crippen molar-refractivity contribution in [1.29, 1.82) is 0 Å². The van der Waals surface area contributed by atoms with E-state index >= 15 is 0 Å². The summed E-state index contributed by atoms with van der Waals surface area (Å²) in [6.07, 6.45) is -1.02. The number of benzene rings is 2. The Morgan fingerprint density at radius 2 is 1.80 bits per heavy atom. The second kappa shape index (κ2) is 9.44. The van der Waals surface area contributed by atoms with E-state index in [-0.39, 0.29) is 30.3 Å². The van der Waals surface area contributed by atoms with Crippen LogP contribution in [0.5, 0.6) is 5.75 Å². The number of aryl methyl sites for hydroxylation is 1. The lowest BCUT2D eigenvalue weighted by atomic mass is 9.70. The zero-order valence-electron chi connectivity index (χ0n) is 18.8. The number of aromatic nitrogens is 2. The third kappa shape index (κ3) is 5.09. The molecular formula is C24H23F4N3O3S. The smallest absolute Gasteiger partial charge is 0.416 e. The highest BCUT2D eigenvalue weighted by Crippen LogP contribution is 2.46. The minimum atomic E-state index is -4.52. The zero-order chi connectivity index (χ0) is 25.3. The van der Waals surface area contributed by atoms with Crippen molar-refractivity contribution in [1.82, 2.24) is 9.97 Å². The normalized spacial score (nSPS) is 18.0. The van der Waals surface area contributed by atoms with Crippen LogP contribution in [-0.2, 0) is 28.0 Å². The summed E-state index contributed by atoms with van der Waals surface area (Å²) in [5, 5.41) is 0. The summed E-state index contributed by atoms with van der Waals surface area (Å²) < 4.78 is 86.7. The molecule has 11 heteroatoms. The molecule has 1 N–H and O–H groups in total. The maximum Gasteiger partial charge on any atom is 0.416 e. The summed E-state index contributed by atoms with van der Waals surface area (Å²) in [6.45, 7) is 1.46. The maximum atomic E-state index is 13.3. The lowest BCUT2D eigenvalue weighted by molar-refractivity contribution is -0.137. The van der Waals surface area contributed by atoms with Gasteiger partial charge in [-0.05, 0) is 54.7 Å². The first-order chi connectivity index (χ1) is 16.5. The second-order valence-corrected chi connectivity index (χ2v) is 10.1. The molecule has 0 bridgehead atoms. The van der Waals surface area contributed by atoms with Crippen LogP contribution >= 0.6 is 0 Å². The SMILES string of the molecule is C[C@@]1(c2ccc(C(F)(F)F)cc2CCCF)CCOc2cc(S(=O)(=O)Nc3ncccn3)ccc21. The molecule has 1 atom stereocenters. The molecule has 4 rings (SSSR count). The predicted octanol–water partition coefficient (Wildman–Crippen LogP) is 5.29. The van der Waals surface area contributed by atoms with Gasteiger partial charge in [-0.25, -0.2) is 23.1 Å². The molecular weight excluding hydrogens is 486 g/mol. The first-order valence-corrected chi connectivity index (χ1v) is 12.4. The Bertz CT molecular complexity index is 1320. The number of nitrogens with zero attached hydrogens (tertiary/aromatic N) is 2. The van der Waals surface area contributed by atoms with Crippen LogP contribution in [0.25, 0.3) is 0 Å². The molecule has 0 unspecified atom stereocenters. The molecule has 0 radical (unpaired) electrons. The van der Waals surface area contributed by atoms with Crippen LogP contribution in [-0.4, -0.2) is 31.7 Å². The average Bonchev–Trinajstić information content (AvgIpc) is 2.82. The molecule has 1 aliphatic rings. The molecule has 35 heavy (non-hydrogen) atoms. The summed E-state index contributed by atoms with van der Waals surface area (Å²) in [5.74, 6) is 0.227. The van der Waals surface area contributed by atoms with Crippen LogP contribution in [0.4, 0.5) is 23.5 Å². The molecule has 0 spiro atoms. The molecule has 0 saturated carbocycles. The van der Waals surface area contributed by atoms with E-state index in [0.717, 1.165) is 12.1 Å². The molecule has 0 fully saturated rings. The molecule has 0 aliphatic carbocycles. The highest BCUT2D eigenvalue weighted by Gasteiger charge is 2.39. The van der Waals surface area contributed by atoms with Gasteiger partial charge in [0.1, 0.15) is 5.75 Å². The molecule has 6 nitrogen and oxygen atoms in total. The number of hydrogen-bond donors (Lipinski definition) is 1. The van der Waals surface area contributed by atoms with E-state index < -0.39 is 33.9 Å². The van der Waals surface area contributed by atoms with Crippen LogP contribution in [0, 0.1) is 0 Å². The summed E-state index contributed by atoms with van der Waals surface area (Å²) in [7, 11) is -4.01. The van der Waals surface area contributed by atoms with Crippen LogP contribution in [0.3, 0.4) is 0 Å². The van der Waals surface area contributed by atoms with Crippen LogP contribution in [0.2, 0.25) is 0 Å². The monoisotopic (exact) mass is 509 g/mol. The Balaban J connectivity index is 1.75. The largest absolute Gasteiger partial charge is 0.493 e. The van der Waals surface area contributed by atoms with E-state index in [9.17, 15) is 26.0 Å². The third-order valence-corrected chi connectivity index (χ3v) is 7.44. The molecule has 2 aromatic carbocycles. The fraction of sp³-hybridized carbons (Fsp3) is 0.333. The van der Waals surface area contributed by atoms with Gasteiger partial charge in [0, 0.05) is 29.4 Å². The van der Waals surface area contributed by atoms with E-state index in [4.69, 9.17) is 4.74 Å². The second-order valence-electron chi connectivity index (χ2n) is 8.43. The van der Waals surface area contributed by atoms with Crippen molar-refractivity contribution in [2.45, 2.75) is 42.7 Å². The predicted molar refractivity (Wildman–Crippen MR) is 122 cm³/mol. The Hall–Kier alpha value is -3.21. The summed E-state index contributed by atoms with van der Waals surface area (Å²) in [6, 6.07) is 9.47. The number of fused-ring (bicyclic) bond motifs is 1. The minimum absolute atomic E-state index is 0.0713. The van der Waals surface area contributed by atoms with E-state index in [1.54, 1.807) is 12.1 Å². The van der Waals surface area contributed by atoms with Gasteiger partial charge in [-0.3, -0.25) is 4.39 Å².